The molecule has 5 aromatic rings. The Bertz CT molecular complexity index is 1300. The van der Waals surface area contributed by atoms with Crippen LogP contribution in [0, 0.1) is 13.8 Å². The van der Waals surface area contributed by atoms with Crippen molar-refractivity contribution in [3.8, 4) is 0 Å². The van der Waals surface area contributed by atoms with Crippen molar-refractivity contribution >= 4 is 66.0 Å². The van der Waals surface area contributed by atoms with Crippen molar-refractivity contribution in [1.29, 1.82) is 0 Å². The highest BCUT2D eigenvalue weighted by Crippen LogP contribution is 2.35. The molecule has 7 heteroatoms. The van der Waals surface area contributed by atoms with Crippen LogP contribution in [0.5, 0.6) is 0 Å². The summed E-state index contributed by atoms with van der Waals surface area (Å²) in [7, 11) is 0. The van der Waals surface area contributed by atoms with E-state index in [1.165, 1.54) is 11.1 Å². The van der Waals surface area contributed by atoms with Gasteiger partial charge in [0.2, 0.25) is 0 Å². The van der Waals surface area contributed by atoms with Crippen LogP contribution in [0.3, 0.4) is 0 Å². The molecule has 0 spiro atoms. The van der Waals surface area contributed by atoms with Crippen LogP contribution in [-0.4, -0.2) is 15.2 Å². The normalized spacial score (nSPS) is 11.2. The molecule has 0 saturated heterocycles. The fourth-order valence-electron chi connectivity index (χ4n) is 3.20. The standard InChI is InChI=1S/C21H17N5S2/c1-12-3-5-16(13(2)9-12)24-20-15-7-8-27-19(15)21(26-25-20)23-14-4-6-17-18(10-14)28-11-22-17/h3-11H,1-2H3,(H,23,26)(H,24,25). The first-order valence-electron chi connectivity index (χ1n) is 8.86. The van der Waals surface area contributed by atoms with Crippen molar-refractivity contribution in [2.45, 2.75) is 13.8 Å². The van der Waals surface area contributed by atoms with E-state index in [1.807, 2.05) is 17.6 Å². The minimum atomic E-state index is 0.764. The van der Waals surface area contributed by atoms with Gasteiger partial charge < -0.3 is 10.6 Å². The van der Waals surface area contributed by atoms with Crippen LogP contribution < -0.4 is 10.6 Å². The van der Waals surface area contributed by atoms with Crippen molar-refractivity contribution in [2.75, 3.05) is 10.6 Å². The summed E-state index contributed by atoms with van der Waals surface area (Å²) >= 11 is 3.28. The first-order chi connectivity index (χ1) is 13.7. The maximum Gasteiger partial charge on any atom is 0.171 e. The SMILES string of the molecule is Cc1ccc(Nc2nnc(Nc3ccc4ncsc4c3)c3sccc23)c(C)c1. The molecule has 2 N–H and O–H groups in total. The lowest BCUT2D eigenvalue weighted by Gasteiger charge is -2.12. The Morgan fingerprint density at radius 2 is 1.75 bits per heavy atom. The van der Waals surface area contributed by atoms with E-state index in [0.717, 1.165) is 43.3 Å². The zero-order valence-corrected chi connectivity index (χ0v) is 17.0. The Morgan fingerprint density at radius 1 is 0.857 bits per heavy atom. The number of rotatable bonds is 4. The van der Waals surface area contributed by atoms with Crippen LogP contribution >= 0.6 is 22.7 Å². The highest BCUT2D eigenvalue weighted by molar-refractivity contribution is 7.18. The molecule has 0 aliphatic heterocycles. The van der Waals surface area contributed by atoms with Gasteiger partial charge in [-0.3, -0.25) is 0 Å². The molecule has 0 radical (unpaired) electrons. The van der Waals surface area contributed by atoms with Crippen LogP contribution in [-0.2, 0) is 0 Å². The lowest BCUT2D eigenvalue weighted by molar-refractivity contribution is 1.06. The van der Waals surface area contributed by atoms with Crippen LogP contribution in [0.2, 0.25) is 0 Å². The third-order valence-electron chi connectivity index (χ3n) is 4.61. The summed E-state index contributed by atoms with van der Waals surface area (Å²) in [5, 5.41) is 18.9. The third kappa shape index (κ3) is 3.08. The second-order valence-electron chi connectivity index (χ2n) is 6.66. The molecule has 0 bridgehead atoms. The maximum atomic E-state index is 4.46. The van der Waals surface area contributed by atoms with Crippen molar-refractivity contribution in [2.24, 2.45) is 0 Å². The number of hydrogen-bond donors (Lipinski definition) is 2. The molecule has 28 heavy (non-hydrogen) atoms. The van der Waals surface area contributed by atoms with Gasteiger partial charge in [0.1, 0.15) is 0 Å². The molecule has 0 saturated carbocycles. The van der Waals surface area contributed by atoms with E-state index in [9.17, 15) is 0 Å². The topological polar surface area (TPSA) is 62.7 Å². The van der Waals surface area contributed by atoms with Gasteiger partial charge in [0, 0.05) is 16.8 Å². The summed E-state index contributed by atoms with van der Waals surface area (Å²) in [6, 6.07) is 14.6. The molecule has 0 amide bonds. The molecule has 0 aliphatic rings. The fourth-order valence-corrected chi connectivity index (χ4v) is 4.76. The van der Waals surface area contributed by atoms with Crippen molar-refractivity contribution in [3.05, 3.63) is 64.5 Å². The quantitative estimate of drug-likeness (QED) is 0.363. The summed E-state index contributed by atoms with van der Waals surface area (Å²) in [6.07, 6.45) is 0. The van der Waals surface area contributed by atoms with Gasteiger partial charge in [-0.2, -0.15) is 0 Å². The average molecular weight is 404 g/mol. The van der Waals surface area contributed by atoms with Gasteiger partial charge in [-0.1, -0.05) is 17.7 Å². The van der Waals surface area contributed by atoms with Gasteiger partial charge in [-0.25, -0.2) is 4.98 Å². The number of aromatic nitrogens is 3. The molecule has 5 rings (SSSR count). The molecule has 138 valence electrons. The minimum Gasteiger partial charge on any atom is -0.338 e. The van der Waals surface area contributed by atoms with E-state index in [0.29, 0.717) is 0 Å². The molecule has 0 aliphatic carbocycles. The summed E-state index contributed by atoms with van der Waals surface area (Å²) in [6.45, 7) is 4.19. The number of thiophene rings is 1. The second kappa shape index (κ2) is 6.85. The molecule has 5 nitrogen and oxygen atoms in total. The Hall–Kier alpha value is -3.03. The molecule has 3 aromatic heterocycles. The first kappa shape index (κ1) is 17.1. The number of nitrogens with zero attached hydrogens (tertiary/aromatic N) is 3. The van der Waals surface area contributed by atoms with Crippen molar-refractivity contribution in [3.63, 3.8) is 0 Å². The van der Waals surface area contributed by atoms with E-state index in [1.54, 1.807) is 22.7 Å². The van der Waals surface area contributed by atoms with E-state index >= 15 is 0 Å². The smallest absolute Gasteiger partial charge is 0.171 e. The van der Waals surface area contributed by atoms with Gasteiger partial charge >= 0.3 is 0 Å². The average Bonchev–Trinajstić information content (AvgIpc) is 3.35. The van der Waals surface area contributed by atoms with Crippen molar-refractivity contribution < 1.29 is 0 Å². The molecular weight excluding hydrogens is 386 g/mol. The van der Waals surface area contributed by atoms with E-state index in [4.69, 9.17) is 0 Å². The zero-order valence-electron chi connectivity index (χ0n) is 15.4. The summed E-state index contributed by atoms with van der Waals surface area (Å²) in [5.74, 6) is 1.53. The lowest BCUT2D eigenvalue weighted by atomic mass is 10.1. The van der Waals surface area contributed by atoms with Crippen LogP contribution in [0.15, 0.2) is 53.4 Å². The molecular formula is C21H17N5S2. The number of fused-ring (bicyclic) bond motifs is 2. The summed E-state index contributed by atoms with van der Waals surface area (Å²) in [4.78, 5) is 4.33. The van der Waals surface area contributed by atoms with Crippen LogP contribution in [0.1, 0.15) is 11.1 Å². The minimum absolute atomic E-state index is 0.764. The number of benzene rings is 2. The van der Waals surface area contributed by atoms with Crippen LogP contribution in [0.4, 0.5) is 23.0 Å². The maximum absolute atomic E-state index is 4.46. The Balaban J connectivity index is 1.50. The molecule has 3 heterocycles. The Morgan fingerprint density at radius 3 is 2.64 bits per heavy atom. The predicted molar refractivity (Wildman–Crippen MR) is 120 cm³/mol. The number of aryl methyl sites for hydroxylation is 2. The van der Waals surface area contributed by atoms with Crippen LogP contribution in [0.25, 0.3) is 20.3 Å². The first-order valence-corrected chi connectivity index (χ1v) is 10.6. The fraction of sp³-hybridized carbons (Fsp3) is 0.0952. The molecule has 0 unspecified atom stereocenters. The van der Waals surface area contributed by atoms with Gasteiger partial charge in [0.05, 0.1) is 20.4 Å². The van der Waals surface area contributed by atoms with Gasteiger partial charge in [-0.15, -0.1) is 32.9 Å². The molecule has 2 aromatic carbocycles. The highest BCUT2D eigenvalue weighted by atomic mass is 32.1. The largest absolute Gasteiger partial charge is 0.338 e. The summed E-state index contributed by atoms with van der Waals surface area (Å²) < 4.78 is 2.22. The predicted octanol–water partition coefficient (Wildman–Crippen LogP) is 6.41. The highest BCUT2D eigenvalue weighted by Gasteiger charge is 2.12. The van der Waals surface area contributed by atoms with Crippen molar-refractivity contribution in [1.82, 2.24) is 15.2 Å². The second-order valence-corrected chi connectivity index (χ2v) is 8.47. The van der Waals surface area contributed by atoms with Gasteiger partial charge in [0.25, 0.3) is 0 Å². The monoisotopic (exact) mass is 403 g/mol. The summed E-state index contributed by atoms with van der Waals surface area (Å²) in [5.41, 5.74) is 7.33. The molecule has 0 atom stereocenters. The number of nitrogens with one attached hydrogen (secondary N) is 2. The lowest BCUT2D eigenvalue weighted by Crippen LogP contribution is -2.01. The molecule has 0 fully saturated rings. The van der Waals surface area contributed by atoms with E-state index < -0.39 is 0 Å². The van der Waals surface area contributed by atoms with E-state index in [2.05, 4.69) is 75.4 Å². The van der Waals surface area contributed by atoms with Gasteiger partial charge in [-0.05, 0) is 55.1 Å². The van der Waals surface area contributed by atoms with E-state index in [-0.39, 0.29) is 0 Å². The number of anilines is 4. The third-order valence-corrected chi connectivity index (χ3v) is 6.33. The number of hydrogen-bond acceptors (Lipinski definition) is 7. The number of thiazole rings is 1. The Labute approximate surface area is 170 Å². The van der Waals surface area contributed by atoms with Gasteiger partial charge in [0.15, 0.2) is 11.6 Å². The zero-order chi connectivity index (χ0) is 19.1. The Kier molecular flexibility index (Phi) is 4.18.